The molecule has 0 radical (unpaired) electrons. The van der Waals surface area contributed by atoms with E-state index in [0.29, 0.717) is 27.7 Å². The number of pyridine rings is 1. The number of hydrogen-bond donors (Lipinski definition) is 1. The second-order valence-corrected chi connectivity index (χ2v) is 8.20. The van der Waals surface area contributed by atoms with Gasteiger partial charge in [0.05, 0.1) is 22.5 Å². The van der Waals surface area contributed by atoms with E-state index in [0.717, 1.165) is 33.3 Å². The topological polar surface area (TPSA) is 102 Å². The molecule has 0 fully saturated rings. The minimum Gasteiger partial charge on any atom is -0.383 e. The average Bonchev–Trinajstić information content (AvgIpc) is 3.34. The van der Waals surface area contributed by atoms with Crippen LogP contribution in [0.5, 0.6) is 0 Å². The molecule has 0 amide bonds. The second-order valence-electron chi connectivity index (χ2n) is 6.38. The van der Waals surface area contributed by atoms with E-state index in [1.54, 1.807) is 6.07 Å². The smallest absolute Gasteiger partial charge is 0.137 e. The SMILES string of the molecule is Cc1noc(C)c1CSc1nc(N)c(-c2nc(-c3ccccc3)cs2)cc1C#N. The molecule has 0 aliphatic carbocycles. The van der Waals surface area contributed by atoms with E-state index < -0.39 is 0 Å². The van der Waals surface area contributed by atoms with Gasteiger partial charge in [-0.3, -0.25) is 0 Å². The van der Waals surface area contributed by atoms with Crippen molar-refractivity contribution >= 4 is 28.9 Å². The van der Waals surface area contributed by atoms with Crippen LogP contribution in [-0.2, 0) is 5.75 Å². The lowest BCUT2D eigenvalue weighted by Gasteiger charge is -2.08. The van der Waals surface area contributed by atoms with Gasteiger partial charge in [-0.05, 0) is 19.9 Å². The molecule has 29 heavy (non-hydrogen) atoms. The minimum absolute atomic E-state index is 0.360. The highest BCUT2D eigenvalue weighted by molar-refractivity contribution is 7.98. The number of anilines is 1. The molecule has 6 nitrogen and oxygen atoms in total. The summed E-state index contributed by atoms with van der Waals surface area (Å²) in [5, 5.41) is 16.9. The number of benzene rings is 1. The number of hydrogen-bond acceptors (Lipinski definition) is 8. The quantitative estimate of drug-likeness (QED) is 0.442. The lowest BCUT2D eigenvalue weighted by atomic mass is 10.2. The van der Waals surface area contributed by atoms with Crippen LogP contribution in [0.25, 0.3) is 21.8 Å². The number of aryl methyl sites for hydroxylation is 2. The first-order valence-corrected chi connectivity index (χ1v) is 10.7. The van der Waals surface area contributed by atoms with Crippen LogP contribution in [0.15, 0.2) is 51.3 Å². The summed E-state index contributed by atoms with van der Waals surface area (Å²) in [6.45, 7) is 3.77. The van der Waals surface area contributed by atoms with E-state index in [9.17, 15) is 5.26 Å². The molecule has 3 aromatic heterocycles. The van der Waals surface area contributed by atoms with Crippen LogP contribution < -0.4 is 5.73 Å². The average molecular weight is 420 g/mol. The van der Waals surface area contributed by atoms with Gasteiger partial charge in [0.25, 0.3) is 0 Å². The third kappa shape index (κ3) is 3.88. The van der Waals surface area contributed by atoms with Crippen molar-refractivity contribution in [1.82, 2.24) is 15.1 Å². The Morgan fingerprint density at radius 3 is 2.69 bits per heavy atom. The highest BCUT2D eigenvalue weighted by Gasteiger charge is 2.17. The Bertz CT molecular complexity index is 1190. The summed E-state index contributed by atoms with van der Waals surface area (Å²) in [5.41, 5.74) is 11.1. The fourth-order valence-corrected chi connectivity index (χ4v) is 4.83. The van der Waals surface area contributed by atoms with Crippen LogP contribution in [-0.4, -0.2) is 15.1 Å². The molecule has 0 aliphatic rings. The van der Waals surface area contributed by atoms with Gasteiger partial charge in [0.1, 0.15) is 27.7 Å². The maximum Gasteiger partial charge on any atom is 0.137 e. The first kappa shape index (κ1) is 19.2. The van der Waals surface area contributed by atoms with E-state index in [1.165, 1.54) is 23.1 Å². The number of thiazole rings is 1. The predicted molar refractivity (Wildman–Crippen MR) is 115 cm³/mol. The Morgan fingerprint density at radius 2 is 2.00 bits per heavy atom. The standard InChI is InChI=1S/C21H17N5OS2/c1-12-17(13(2)27-26-12)10-28-20-15(9-22)8-16(19(23)25-20)21-24-18(11-29-21)14-6-4-3-5-7-14/h3-8,11H,10H2,1-2H3,(H2,23,25). The van der Waals surface area contributed by atoms with Gasteiger partial charge < -0.3 is 10.3 Å². The third-order valence-electron chi connectivity index (χ3n) is 4.48. The van der Waals surface area contributed by atoms with Crippen LogP contribution in [0.2, 0.25) is 0 Å². The van der Waals surface area contributed by atoms with Gasteiger partial charge in [-0.1, -0.05) is 35.5 Å². The van der Waals surface area contributed by atoms with Gasteiger partial charge in [-0.15, -0.1) is 23.1 Å². The number of nitrogen functional groups attached to an aromatic ring is 1. The molecule has 0 atom stereocenters. The van der Waals surface area contributed by atoms with Gasteiger partial charge in [0.2, 0.25) is 0 Å². The first-order valence-electron chi connectivity index (χ1n) is 8.83. The molecule has 8 heteroatoms. The van der Waals surface area contributed by atoms with Crippen molar-refractivity contribution in [2.24, 2.45) is 0 Å². The summed E-state index contributed by atoms with van der Waals surface area (Å²) in [6, 6.07) is 13.9. The Hall–Kier alpha value is -3.15. The fraction of sp³-hybridized carbons (Fsp3) is 0.143. The van der Waals surface area contributed by atoms with Gasteiger partial charge in [0.15, 0.2) is 0 Å². The molecule has 0 aliphatic heterocycles. The zero-order chi connectivity index (χ0) is 20.4. The molecule has 1 aromatic carbocycles. The van der Waals surface area contributed by atoms with Gasteiger partial charge >= 0.3 is 0 Å². The van der Waals surface area contributed by atoms with Gasteiger partial charge in [-0.25, -0.2) is 9.97 Å². The highest BCUT2D eigenvalue weighted by atomic mass is 32.2. The molecular formula is C21H17N5OS2. The van der Waals surface area contributed by atoms with Gasteiger partial charge in [0, 0.05) is 22.3 Å². The molecule has 0 saturated carbocycles. The number of rotatable bonds is 5. The highest BCUT2D eigenvalue weighted by Crippen LogP contribution is 2.35. The largest absolute Gasteiger partial charge is 0.383 e. The molecule has 0 unspecified atom stereocenters. The molecule has 144 valence electrons. The van der Waals surface area contributed by atoms with Crippen molar-refractivity contribution in [3.8, 4) is 27.9 Å². The molecule has 3 heterocycles. The van der Waals surface area contributed by atoms with Crippen LogP contribution in [0, 0.1) is 25.2 Å². The molecular weight excluding hydrogens is 402 g/mol. The number of aromatic nitrogens is 3. The van der Waals surface area contributed by atoms with E-state index in [2.05, 4.69) is 21.2 Å². The zero-order valence-electron chi connectivity index (χ0n) is 15.8. The van der Waals surface area contributed by atoms with Crippen molar-refractivity contribution in [1.29, 1.82) is 5.26 Å². The van der Waals surface area contributed by atoms with E-state index in [4.69, 9.17) is 10.3 Å². The Balaban J connectivity index is 1.63. The Kier molecular flexibility index (Phi) is 5.34. The molecule has 0 spiro atoms. The van der Waals surface area contributed by atoms with Crippen molar-refractivity contribution in [2.75, 3.05) is 5.73 Å². The van der Waals surface area contributed by atoms with Crippen LogP contribution in [0.3, 0.4) is 0 Å². The van der Waals surface area contributed by atoms with Crippen molar-refractivity contribution in [3.63, 3.8) is 0 Å². The molecule has 2 N–H and O–H groups in total. The van der Waals surface area contributed by atoms with E-state index in [-0.39, 0.29) is 0 Å². The Labute approximate surface area is 176 Å². The molecule has 0 saturated heterocycles. The van der Waals surface area contributed by atoms with Crippen LogP contribution in [0.4, 0.5) is 5.82 Å². The maximum atomic E-state index is 9.64. The Morgan fingerprint density at radius 1 is 1.21 bits per heavy atom. The summed E-state index contributed by atoms with van der Waals surface area (Å²) in [5.74, 6) is 1.74. The third-order valence-corrected chi connectivity index (χ3v) is 6.37. The normalized spacial score (nSPS) is 10.8. The van der Waals surface area contributed by atoms with Crippen LogP contribution in [0.1, 0.15) is 22.6 Å². The fourth-order valence-electron chi connectivity index (χ4n) is 2.86. The van der Waals surface area contributed by atoms with Crippen molar-refractivity contribution in [2.45, 2.75) is 24.6 Å². The summed E-state index contributed by atoms with van der Waals surface area (Å²) >= 11 is 2.93. The van der Waals surface area contributed by atoms with E-state index >= 15 is 0 Å². The first-order chi connectivity index (χ1) is 14.1. The zero-order valence-corrected chi connectivity index (χ0v) is 17.5. The van der Waals surface area contributed by atoms with Gasteiger partial charge in [-0.2, -0.15) is 5.26 Å². The summed E-state index contributed by atoms with van der Waals surface area (Å²) in [4.78, 5) is 9.18. The van der Waals surface area contributed by atoms with Crippen molar-refractivity contribution in [3.05, 3.63) is 64.4 Å². The number of nitrogens with zero attached hydrogens (tertiary/aromatic N) is 4. The van der Waals surface area contributed by atoms with E-state index in [1.807, 2.05) is 49.6 Å². The monoisotopic (exact) mass is 419 g/mol. The lowest BCUT2D eigenvalue weighted by Crippen LogP contribution is -1.99. The lowest BCUT2D eigenvalue weighted by molar-refractivity contribution is 0.392. The number of thioether (sulfide) groups is 1. The van der Waals surface area contributed by atoms with Crippen LogP contribution >= 0.6 is 23.1 Å². The molecule has 4 rings (SSSR count). The maximum absolute atomic E-state index is 9.64. The molecule has 4 aromatic rings. The summed E-state index contributed by atoms with van der Waals surface area (Å²) in [6.07, 6.45) is 0. The van der Waals surface area contributed by atoms with Crippen molar-refractivity contribution < 1.29 is 4.52 Å². The number of nitrogens with two attached hydrogens (primary N) is 1. The predicted octanol–water partition coefficient (Wildman–Crippen LogP) is 5.22. The molecule has 0 bridgehead atoms. The number of nitriles is 1. The minimum atomic E-state index is 0.360. The summed E-state index contributed by atoms with van der Waals surface area (Å²) in [7, 11) is 0. The second kappa shape index (κ2) is 8.07. The summed E-state index contributed by atoms with van der Waals surface area (Å²) < 4.78 is 5.20.